The maximum Gasteiger partial charge on any atom is 0.326 e. The Balaban J connectivity index is 0. The molecule has 0 aliphatic heterocycles. The van der Waals surface area contributed by atoms with Gasteiger partial charge in [0.15, 0.2) is 0 Å². The number of aliphatic hydroxyl groups is 1. The van der Waals surface area contributed by atoms with E-state index in [9.17, 15) is 19.5 Å². The Morgan fingerprint density at radius 3 is 1.34 bits per heavy atom. The highest BCUT2D eigenvalue weighted by Gasteiger charge is 2.20. The SMILES string of the molecule is CCCCCCCCCCCC(=O)N[C@@H](CCC(=O)O)C(=O)O.CCCCCCCCCCCC(O)C(C)CCCCCC. The van der Waals surface area contributed by atoms with Crippen LogP contribution in [0, 0.1) is 5.92 Å². The number of hydrogen-bond acceptors (Lipinski definition) is 4. The van der Waals surface area contributed by atoms with Crippen molar-refractivity contribution in [3.05, 3.63) is 0 Å². The maximum absolute atomic E-state index is 11.7. The number of aliphatic hydroxyl groups excluding tert-OH is 1. The minimum Gasteiger partial charge on any atom is -0.481 e. The number of carboxylic acids is 2. The summed E-state index contributed by atoms with van der Waals surface area (Å²) < 4.78 is 0. The molecule has 0 rings (SSSR count). The summed E-state index contributed by atoms with van der Waals surface area (Å²) in [5.74, 6) is -2.07. The first-order chi connectivity index (χ1) is 21.2. The number of carbonyl (C=O) groups is 3. The van der Waals surface area contributed by atoms with E-state index in [4.69, 9.17) is 10.2 Å². The van der Waals surface area contributed by atoms with E-state index in [-0.39, 0.29) is 24.9 Å². The predicted molar refractivity (Wildman–Crippen MR) is 184 cm³/mol. The van der Waals surface area contributed by atoms with Gasteiger partial charge < -0.3 is 20.6 Å². The fourth-order valence-corrected chi connectivity index (χ4v) is 5.42. The topological polar surface area (TPSA) is 124 Å². The third kappa shape index (κ3) is 33.3. The third-order valence-electron chi connectivity index (χ3n) is 8.56. The second kappa shape index (κ2) is 34.2. The monoisotopic (exact) mass is 628 g/mol. The molecule has 0 fully saturated rings. The van der Waals surface area contributed by atoms with Crippen LogP contribution in [0.2, 0.25) is 0 Å². The molecule has 1 amide bonds. The van der Waals surface area contributed by atoms with Crippen LogP contribution in [0.3, 0.4) is 0 Å². The Bertz CT molecular complexity index is 656. The first-order valence-electron chi connectivity index (χ1n) is 18.6. The normalized spacial score (nSPS) is 13.0. The summed E-state index contributed by atoms with van der Waals surface area (Å²) in [7, 11) is 0. The molecule has 7 nitrogen and oxygen atoms in total. The summed E-state index contributed by atoms with van der Waals surface area (Å²) >= 11 is 0. The van der Waals surface area contributed by atoms with Crippen LogP contribution in [-0.4, -0.2) is 45.3 Å². The van der Waals surface area contributed by atoms with Crippen molar-refractivity contribution in [2.75, 3.05) is 0 Å². The molecular formula is C37H73NO6. The lowest BCUT2D eigenvalue weighted by Crippen LogP contribution is -2.41. The molecule has 7 heteroatoms. The van der Waals surface area contributed by atoms with E-state index in [2.05, 4.69) is 33.0 Å². The average Bonchev–Trinajstić information content (AvgIpc) is 2.99. The average molecular weight is 628 g/mol. The van der Waals surface area contributed by atoms with E-state index < -0.39 is 18.0 Å². The number of nitrogens with one attached hydrogen (secondary N) is 1. The van der Waals surface area contributed by atoms with Crippen LogP contribution < -0.4 is 5.32 Å². The molecule has 0 aromatic heterocycles. The zero-order valence-electron chi connectivity index (χ0n) is 29.4. The van der Waals surface area contributed by atoms with Crippen LogP contribution in [0.5, 0.6) is 0 Å². The Morgan fingerprint density at radius 2 is 0.909 bits per heavy atom. The molecule has 3 atom stereocenters. The molecule has 0 saturated carbocycles. The Hall–Kier alpha value is -1.63. The molecule has 0 saturated heterocycles. The van der Waals surface area contributed by atoms with Gasteiger partial charge in [0.05, 0.1) is 6.10 Å². The van der Waals surface area contributed by atoms with E-state index in [1.807, 2.05) is 0 Å². The summed E-state index contributed by atoms with van der Waals surface area (Å²) in [4.78, 5) is 33.1. The number of aliphatic carboxylic acids is 2. The van der Waals surface area contributed by atoms with Gasteiger partial charge in [0.1, 0.15) is 6.04 Å². The molecule has 0 aliphatic rings. The summed E-state index contributed by atoms with van der Waals surface area (Å²) in [6, 6.07) is -1.11. The van der Waals surface area contributed by atoms with Crippen molar-refractivity contribution in [1.82, 2.24) is 5.32 Å². The standard InChI is InChI=1S/C20H42O.C17H31NO5/c1-4-6-8-10-11-12-13-14-16-18-20(21)19(3)17-15-9-7-5-2;1-2-3-4-5-6-7-8-9-10-11-15(19)18-14(17(22)23)12-13-16(20)21/h19-21H,4-18H2,1-3H3;14H,2-13H2,1H3,(H,18,19)(H,20,21)(H,22,23)/t;14-/m.0/s1. The van der Waals surface area contributed by atoms with E-state index >= 15 is 0 Å². The van der Waals surface area contributed by atoms with Crippen LogP contribution >= 0.6 is 0 Å². The van der Waals surface area contributed by atoms with Gasteiger partial charge in [-0.1, -0.05) is 163 Å². The predicted octanol–water partition coefficient (Wildman–Crippen LogP) is 10.2. The lowest BCUT2D eigenvalue weighted by molar-refractivity contribution is -0.143. The molecule has 0 bridgehead atoms. The van der Waals surface area contributed by atoms with Crippen molar-refractivity contribution in [3.8, 4) is 0 Å². The van der Waals surface area contributed by atoms with Crippen molar-refractivity contribution in [1.29, 1.82) is 0 Å². The largest absolute Gasteiger partial charge is 0.481 e. The molecule has 0 radical (unpaired) electrons. The molecule has 4 N–H and O–H groups in total. The molecule has 2 unspecified atom stereocenters. The van der Waals surface area contributed by atoms with E-state index in [0.717, 1.165) is 25.7 Å². The van der Waals surface area contributed by atoms with E-state index in [1.165, 1.54) is 128 Å². The van der Waals surface area contributed by atoms with Gasteiger partial charge in [-0.15, -0.1) is 0 Å². The molecular weight excluding hydrogens is 554 g/mol. The van der Waals surface area contributed by atoms with Crippen molar-refractivity contribution < 1.29 is 29.7 Å². The lowest BCUT2D eigenvalue weighted by Gasteiger charge is -2.18. The molecule has 0 heterocycles. The molecule has 262 valence electrons. The fourth-order valence-electron chi connectivity index (χ4n) is 5.42. The summed E-state index contributed by atoms with van der Waals surface area (Å²) in [5.41, 5.74) is 0. The highest BCUT2D eigenvalue weighted by molar-refractivity contribution is 5.83. The van der Waals surface area contributed by atoms with Gasteiger partial charge in [-0.2, -0.15) is 0 Å². The summed E-state index contributed by atoms with van der Waals surface area (Å²) in [6.07, 6.45) is 30.0. The van der Waals surface area contributed by atoms with E-state index in [1.54, 1.807) is 0 Å². The first-order valence-corrected chi connectivity index (χ1v) is 18.6. The quantitative estimate of drug-likeness (QED) is 0.0567. The fraction of sp³-hybridized carbons (Fsp3) is 0.919. The van der Waals surface area contributed by atoms with Gasteiger partial charge in [-0.05, 0) is 31.6 Å². The second-order valence-electron chi connectivity index (χ2n) is 13.0. The summed E-state index contributed by atoms with van der Waals surface area (Å²) in [5, 5.41) is 30.1. The second-order valence-corrected chi connectivity index (χ2v) is 13.0. The molecule has 0 aromatic rings. The Morgan fingerprint density at radius 1 is 0.523 bits per heavy atom. The highest BCUT2D eigenvalue weighted by Crippen LogP contribution is 2.19. The smallest absolute Gasteiger partial charge is 0.326 e. The zero-order valence-corrected chi connectivity index (χ0v) is 29.4. The number of carboxylic acid groups (broad SMARTS) is 2. The maximum atomic E-state index is 11.7. The van der Waals surface area contributed by atoms with Crippen molar-refractivity contribution in [2.45, 2.75) is 213 Å². The molecule has 0 aromatic carbocycles. The lowest BCUT2D eigenvalue weighted by atomic mass is 9.93. The van der Waals surface area contributed by atoms with Crippen LogP contribution in [0.25, 0.3) is 0 Å². The van der Waals surface area contributed by atoms with E-state index in [0.29, 0.717) is 12.3 Å². The van der Waals surface area contributed by atoms with Crippen LogP contribution in [0.15, 0.2) is 0 Å². The van der Waals surface area contributed by atoms with Crippen molar-refractivity contribution in [2.24, 2.45) is 5.92 Å². The van der Waals surface area contributed by atoms with Gasteiger partial charge in [0.25, 0.3) is 0 Å². The minimum absolute atomic E-state index is 0.0591. The zero-order chi connectivity index (χ0) is 33.3. The molecule has 0 spiro atoms. The first kappa shape index (κ1) is 44.5. The number of carbonyl (C=O) groups excluding carboxylic acids is 1. The highest BCUT2D eigenvalue weighted by atomic mass is 16.4. The van der Waals surface area contributed by atoms with Crippen LogP contribution in [0.1, 0.15) is 201 Å². The van der Waals surface area contributed by atoms with Gasteiger partial charge in [0.2, 0.25) is 5.91 Å². The molecule has 0 aliphatic carbocycles. The van der Waals surface area contributed by atoms with Crippen LogP contribution in [-0.2, 0) is 14.4 Å². The van der Waals surface area contributed by atoms with Gasteiger partial charge in [-0.3, -0.25) is 9.59 Å². The number of amides is 1. The number of hydrogen-bond donors (Lipinski definition) is 4. The summed E-state index contributed by atoms with van der Waals surface area (Å²) in [6.45, 7) is 8.95. The van der Waals surface area contributed by atoms with Gasteiger partial charge in [0, 0.05) is 12.8 Å². The third-order valence-corrected chi connectivity index (χ3v) is 8.56. The Labute approximate surface area is 271 Å². The van der Waals surface area contributed by atoms with Crippen LogP contribution in [0.4, 0.5) is 0 Å². The minimum atomic E-state index is -1.19. The van der Waals surface area contributed by atoms with Gasteiger partial charge >= 0.3 is 11.9 Å². The number of unbranched alkanes of at least 4 members (excludes halogenated alkanes) is 19. The van der Waals surface area contributed by atoms with Crippen molar-refractivity contribution in [3.63, 3.8) is 0 Å². The molecule has 44 heavy (non-hydrogen) atoms. The van der Waals surface area contributed by atoms with Crippen molar-refractivity contribution >= 4 is 17.8 Å². The Kier molecular flexibility index (Phi) is 34.6. The van der Waals surface area contributed by atoms with Gasteiger partial charge in [-0.25, -0.2) is 4.79 Å². The number of rotatable bonds is 31.